The summed E-state index contributed by atoms with van der Waals surface area (Å²) >= 11 is 2.64. The molecule has 0 saturated carbocycles. The average molecular weight is 209 g/mol. The first kappa shape index (κ1) is 8.53. The van der Waals surface area contributed by atoms with Crippen molar-refractivity contribution in [2.24, 2.45) is 0 Å². The Labute approximate surface area is 54.0 Å². The summed E-state index contributed by atoms with van der Waals surface area (Å²) in [6.45, 7) is 1.31. The summed E-state index contributed by atoms with van der Waals surface area (Å²) in [4.78, 5) is 0. The molecule has 6 heteroatoms. The maximum absolute atomic E-state index is 11.3. The summed E-state index contributed by atoms with van der Waals surface area (Å²) < 4.78 is 35.6. The van der Waals surface area contributed by atoms with Crippen molar-refractivity contribution in [3.05, 3.63) is 0 Å². The Morgan fingerprint density at radius 3 is 2.12 bits per heavy atom. The quantitative estimate of drug-likeness (QED) is 0.516. The minimum Gasteiger partial charge on any atom is -0.266 e. The smallest absolute Gasteiger partial charge is 0.266 e. The standard InChI is InChI=1S/C2H4BrF2O2P/c1-2(3)7-8(4,5)6/h2H,1H3. The molecule has 0 aromatic heterocycles. The molecule has 0 aliphatic carbocycles. The van der Waals surface area contributed by atoms with Crippen LogP contribution in [0.25, 0.3) is 0 Å². The highest BCUT2D eigenvalue weighted by molar-refractivity contribution is 9.09. The molecular weight excluding hydrogens is 205 g/mol. The molecule has 0 aliphatic heterocycles. The Morgan fingerprint density at radius 1 is 1.75 bits per heavy atom. The lowest BCUT2D eigenvalue weighted by Gasteiger charge is -2.00. The molecule has 0 N–H and O–H groups in total. The second-order valence-corrected chi connectivity index (χ2v) is 3.39. The van der Waals surface area contributed by atoms with Gasteiger partial charge in [-0.25, -0.2) is 4.57 Å². The van der Waals surface area contributed by atoms with Gasteiger partial charge in [-0.1, -0.05) is 15.9 Å². The summed E-state index contributed by atoms with van der Waals surface area (Å²) in [7, 11) is -5.27. The Bertz CT molecular complexity index is 111. The third-order valence-corrected chi connectivity index (χ3v) is 1.31. The van der Waals surface area contributed by atoms with Gasteiger partial charge in [0.15, 0.2) is 0 Å². The second kappa shape index (κ2) is 2.90. The van der Waals surface area contributed by atoms with E-state index in [-0.39, 0.29) is 0 Å². The van der Waals surface area contributed by atoms with Crippen LogP contribution in [0.2, 0.25) is 0 Å². The van der Waals surface area contributed by atoms with Crippen LogP contribution in [-0.2, 0) is 9.09 Å². The third-order valence-electron chi connectivity index (χ3n) is 0.268. The lowest BCUT2D eigenvalue weighted by atomic mass is 10.9. The average Bonchev–Trinajstić information content (AvgIpc) is 1.21. The van der Waals surface area contributed by atoms with Gasteiger partial charge in [0.2, 0.25) is 0 Å². The number of rotatable bonds is 2. The molecule has 0 spiro atoms. The van der Waals surface area contributed by atoms with Gasteiger partial charge in [-0.15, -0.1) is 8.39 Å². The summed E-state index contributed by atoms with van der Waals surface area (Å²) in [6, 6.07) is 0. The van der Waals surface area contributed by atoms with Crippen LogP contribution in [0.5, 0.6) is 0 Å². The Kier molecular flexibility index (Phi) is 3.09. The number of halogens is 3. The highest BCUT2D eigenvalue weighted by atomic mass is 79.9. The maximum atomic E-state index is 11.3. The maximum Gasteiger partial charge on any atom is 0.553 e. The predicted octanol–water partition coefficient (Wildman–Crippen LogP) is 2.79. The molecule has 0 radical (unpaired) electrons. The van der Waals surface area contributed by atoms with Crippen LogP contribution in [-0.4, -0.2) is 5.01 Å². The molecule has 50 valence electrons. The van der Waals surface area contributed by atoms with Gasteiger partial charge in [0.1, 0.15) is 5.01 Å². The van der Waals surface area contributed by atoms with Crippen LogP contribution < -0.4 is 0 Å². The van der Waals surface area contributed by atoms with Crippen molar-refractivity contribution in [3.8, 4) is 0 Å². The van der Waals surface area contributed by atoms with Gasteiger partial charge in [0.25, 0.3) is 0 Å². The van der Waals surface area contributed by atoms with Gasteiger partial charge >= 0.3 is 7.99 Å². The number of hydrogen-bond acceptors (Lipinski definition) is 2. The first-order valence-corrected chi connectivity index (χ1v) is 4.06. The molecule has 8 heavy (non-hydrogen) atoms. The molecular formula is C2H4BrF2O2P. The molecule has 0 aromatic rings. The van der Waals surface area contributed by atoms with Crippen molar-refractivity contribution in [1.82, 2.24) is 0 Å². The van der Waals surface area contributed by atoms with Gasteiger partial charge in [-0.3, -0.25) is 4.52 Å². The first-order chi connectivity index (χ1) is 3.42. The third kappa shape index (κ3) is 6.53. The Balaban J connectivity index is 3.56. The van der Waals surface area contributed by atoms with Crippen molar-refractivity contribution in [2.45, 2.75) is 11.9 Å². The van der Waals surface area contributed by atoms with E-state index in [2.05, 4.69) is 20.5 Å². The highest BCUT2D eigenvalue weighted by Gasteiger charge is 2.22. The van der Waals surface area contributed by atoms with E-state index in [1.165, 1.54) is 6.92 Å². The van der Waals surface area contributed by atoms with Crippen LogP contribution in [0.1, 0.15) is 6.92 Å². The fraction of sp³-hybridized carbons (Fsp3) is 1.00. The van der Waals surface area contributed by atoms with Crippen molar-refractivity contribution >= 4 is 23.9 Å². The van der Waals surface area contributed by atoms with E-state index in [0.29, 0.717) is 0 Å². The minimum absolute atomic E-state index is 0.858. The molecule has 0 bridgehead atoms. The fourth-order valence-electron chi connectivity index (χ4n) is 0.169. The van der Waals surface area contributed by atoms with Crippen LogP contribution in [0.3, 0.4) is 0 Å². The molecule has 0 aliphatic rings. The first-order valence-electron chi connectivity index (χ1n) is 1.73. The Hall–Kier alpha value is 0.530. The van der Waals surface area contributed by atoms with Crippen molar-refractivity contribution < 1.29 is 17.5 Å². The molecule has 1 atom stereocenters. The SMILES string of the molecule is CC(Br)OP(=O)(F)F. The monoisotopic (exact) mass is 208 g/mol. The van der Waals surface area contributed by atoms with E-state index in [1.807, 2.05) is 0 Å². The van der Waals surface area contributed by atoms with Crippen LogP contribution >= 0.6 is 23.9 Å². The largest absolute Gasteiger partial charge is 0.553 e. The van der Waals surface area contributed by atoms with Crippen molar-refractivity contribution in [2.75, 3.05) is 0 Å². The number of hydrogen-bond donors (Lipinski definition) is 0. The van der Waals surface area contributed by atoms with E-state index in [9.17, 15) is 13.0 Å². The minimum atomic E-state index is -5.27. The zero-order valence-corrected chi connectivity index (χ0v) is 6.46. The lowest BCUT2D eigenvalue weighted by molar-refractivity contribution is 0.253. The van der Waals surface area contributed by atoms with Gasteiger partial charge in [-0.2, -0.15) is 0 Å². The molecule has 0 aromatic carbocycles. The van der Waals surface area contributed by atoms with E-state index < -0.39 is 13.0 Å². The van der Waals surface area contributed by atoms with Gasteiger partial charge in [0, 0.05) is 0 Å². The number of alkyl halides is 1. The molecule has 0 saturated heterocycles. The van der Waals surface area contributed by atoms with E-state index in [4.69, 9.17) is 0 Å². The normalized spacial score (nSPS) is 16.0. The molecule has 0 amide bonds. The van der Waals surface area contributed by atoms with Crippen LogP contribution in [0.15, 0.2) is 0 Å². The Morgan fingerprint density at radius 2 is 2.12 bits per heavy atom. The molecule has 0 heterocycles. The van der Waals surface area contributed by atoms with E-state index >= 15 is 0 Å². The summed E-state index contributed by atoms with van der Waals surface area (Å²) in [5.74, 6) is 0. The molecule has 0 rings (SSSR count). The summed E-state index contributed by atoms with van der Waals surface area (Å²) in [5, 5.41) is -0.858. The van der Waals surface area contributed by atoms with Gasteiger partial charge in [-0.05, 0) is 6.92 Å². The van der Waals surface area contributed by atoms with Crippen molar-refractivity contribution in [1.29, 1.82) is 0 Å². The molecule has 1 unspecified atom stereocenters. The molecule has 2 nitrogen and oxygen atoms in total. The van der Waals surface area contributed by atoms with Gasteiger partial charge < -0.3 is 0 Å². The topological polar surface area (TPSA) is 26.3 Å². The summed E-state index contributed by atoms with van der Waals surface area (Å²) in [6.07, 6.45) is 0. The van der Waals surface area contributed by atoms with Gasteiger partial charge in [0.05, 0.1) is 0 Å². The zero-order chi connectivity index (χ0) is 6.78. The second-order valence-electron chi connectivity index (χ2n) is 1.06. The zero-order valence-electron chi connectivity index (χ0n) is 3.97. The van der Waals surface area contributed by atoms with E-state index in [1.54, 1.807) is 0 Å². The highest BCUT2D eigenvalue weighted by Crippen LogP contribution is 2.51. The van der Waals surface area contributed by atoms with E-state index in [0.717, 1.165) is 0 Å². The predicted molar refractivity (Wildman–Crippen MR) is 29.3 cm³/mol. The van der Waals surface area contributed by atoms with Crippen LogP contribution in [0.4, 0.5) is 8.39 Å². The molecule has 0 fully saturated rings. The summed E-state index contributed by atoms with van der Waals surface area (Å²) in [5.41, 5.74) is 0. The van der Waals surface area contributed by atoms with Crippen LogP contribution in [0, 0.1) is 0 Å². The lowest BCUT2D eigenvalue weighted by Crippen LogP contribution is -1.89. The van der Waals surface area contributed by atoms with Crippen molar-refractivity contribution in [3.63, 3.8) is 0 Å². The fourth-order valence-corrected chi connectivity index (χ4v) is 1.09.